The Morgan fingerprint density at radius 3 is 2.26 bits per heavy atom. The number of nitrogens with two attached hydrogens (primary N) is 1. The molecule has 19 heavy (non-hydrogen) atoms. The van der Waals surface area contributed by atoms with Crippen molar-refractivity contribution in [1.29, 1.82) is 0 Å². The SMILES string of the molecule is CCN(CC)C(CC)(CC)C(Cc1ccoc1)NN. The fourth-order valence-electron chi connectivity index (χ4n) is 3.31. The van der Waals surface area contributed by atoms with E-state index in [1.165, 1.54) is 5.56 Å². The lowest BCUT2D eigenvalue weighted by Crippen LogP contribution is -2.63. The van der Waals surface area contributed by atoms with Crippen LogP contribution in [0.4, 0.5) is 0 Å². The van der Waals surface area contributed by atoms with Gasteiger partial charge in [0.15, 0.2) is 0 Å². The molecule has 0 amide bonds. The van der Waals surface area contributed by atoms with Crippen LogP contribution in [0.3, 0.4) is 0 Å². The average molecular weight is 267 g/mol. The van der Waals surface area contributed by atoms with Crippen LogP contribution >= 0.6 is 0 Å². The minimum absolute atomic E-state index is 0.0928. The Kier molecular flexibility index (Phi) is 6.55. The Morgan fingerprint density at radius 1 is 1.26 bits per heavy atom. The standard InChI is InChI=1S/C15H29N3O/c1-5-15(6-2,18(7-3)8-4)14(17-16)11-13-9-10-19-12-13/h9-10,12,14,17H,5-8,11,16H2,1-4H3. The first-order valence-corrected chi connectivity index (χ1v) is 7.40. The highest BCUT2D eigenvalue weighted by Crippen LogP contribution is 2.29. The molecule has 4 nitrogen and oxygen atoms in total. The quantitative estimate of drug-likeness (QED) is 0.533. The summed E-state index contributed by atoms with van der Waals surface area (Å²) in [5, 5.41) is 0. The summed E-state index contributed by atoms with van der Waals surface area (Å²) in [6.07, 6.45) is 6.59. The Labute approximate surface area is 117 Å². The molecule has 0 saturated heterocycles. The minimum atomic E-state index is 0.0928. The summed E-state index contributed by atoms with van der Waals surface area (Å²) in [5.41, 5.74) is 4.34. The van der Waals surface area contributed by atoms with Gasteiger partial charge >= 0.3 is 0 Å². The molecule has 4 heteroatoms. The summed E-state index contributed by atoms with van der Waals surface area (Å²) in [6, 6.07) is 2.24. The van der Waals surface area contributed by atoms with Crippen molar-refractivity contribution in [2.45, 2.75) is 58.5 Å². The number of rotatable bonds is 9. The molecule has 1 rings (SSSR count). The van der Waals surface area contributed by atoms with Gasteiger partial charge in [-0.15, -0.1) is 0 Å². The molecule has 3 N–H and O–H groups in total. The van der Waals surface area contributed by atoms with Gasteiger partial charge in [-0.05, 0) is 44.0 Å². The van der Waals surface area contributed by atoms with Crippen LogP contribution in [-0.4, -0.2) is 29.6 Å². The maximum absolute atomic E-state index is 5.87. The lowest BCUT2D eigenvalue weighted by Gasteiger charge is -2.47. The molecule has 1 heterocycles. The molecule has 110 valence electrons. The number of hydrogen-bond donors (Lipinski definition) is 2. The fraction of sp³-hybridized carbons (Fsp3) is 0.733. The lowest BCUT2D eigenvalue weighted by atomic mass is 9.80. The van der Waals surface area contributed by atoms with Crippen molar-refractivity contribution in [2.75, 3.05) is 13.1 Å². The van der Waals surface area contributed by atoms with Gasteiger partial charge in [0.05, 0.1) is 12.5 Å². The Hall–Kier alpha value is -0.840. The van der Waals surface area contributed by atoms with Crippen molar-refractivity contribution in [3.8, 4) is 0 Å². The maximum atomic E-state index is 5.87. The first-order valence-electron chi connectivity index (χ1n) is 7.40. The molecular formula is C15H29N3O. The van der Waals surface area contributed by atoms with E-state index in [4.69, 9.17) is 10.3 Å². The van der Waals surface area contributed by atoms with E-state index in [-0.39, 0.29) is 11.6 Å². The van der Waals surface area contributed by atoms with Crippen LogP contribution in [0.25, 0.3) is 0 Å². The highest BCUT2D eigenvalue weighted by atomic mass is 16.3. The largest absolute Gasteiger partial charge is 0.472 e. The third kappa shape index (κ3) is 3.38. The normalized spacial score (nSPS) is 14.0. The fourth-order valence-corrected chi connectivity index (χ4v) is 3.31. The van der Waals surface area contributed by atoms with Crippen molar-refractivity contribution in [3.63, 3.8) is 0 Å². The highest BCUT2D eigenvalue weighted by Gasteiger charge is 2.39. The van der Waals surface area contributed by atoms with Crippen LogP contribution in [0.2, 0.25) is 0 Å². The predicted octanol–water partition coefficient (Wildman–Crippen LogP) is 2.55. The number of likely N-dealkylation sites (N-methyl/N-ethyl adjacent to an activating group) is 1. The number of hydrogen-bond acceptors (Lipinski definition) is 4. The van der Waals surface area contributed by atoms with Gasteiger partial charge in [0.2, 0.25) is 0 Å². The Balaban J connectivity index is 2.98. The van der Waals surface area contributed by atoms with E-state index in [1.54, 1.807) is 6.26 Å². The second kappa shape index (κ2) is 7.68. The van der Waals surface area contributed by atoms with Crippen molar-refractivity contribution >= 4 is 0 Å². The van der Waals surface area contributed by atoms with Gasteiger partial charge in [-0.2, -0.15) is 0 Å². The molecule has 1 aromatic rings. The minimum Gasteiger partial charge on any atom is -0.472 e. The first-order chi connectivity index (χ1) is 9.18. The van der Waals surface area contributed by atoms with Gasteiger partial charge < -0.3 is 4.42 Å². The van der Waals surface area contributed by atoms with E-state index in [1.807, 2.05) is 12.3 Å². The molecule has 0 spiro atoms. The molecule has 0 fully saturated rings. The lowest BCUT2D eigenvalue weighted by molar-refractivity contribution is 0.0492. The predicted molar refractivity (Wildman–Crippen MR) is 79.8 cm³/mol. The van der Waals surface area contributed by atoms with E-state index >= 15 is 0 Å². The van der Waals surface area contributed by atoms with Crippen molar-refractivity contribution in [1.82, 2.24) is 10.3 Å². The van der Waals surface area contributed by atoms with Gasteiger partial charge in [-0.25, -0.2) is 0 Å². The summed E-state index contributed by atoms with van der Waals surface area (Å²) in [6.45, 7) is 11.0. The monoisotopic (exact) mass is 267 g/mol. The van der Waals surface area contributed by atoms with Crippen molar-refractivity contribution < 1.29 is 4.42 Å². The topological polar surface area (TPSA) is 54.4 Å². The van der Waals surface area contributed by atoms with Crippen molar-refractivity contribution in [3.05, 3.63) is 24.2 Å². The molecule has 0 aliphatic rings. The second-order valence-corrected chi connectivity index (χ2v) is 5.04. The number of hydrazine groups is 1. The molecule has 0 bridgehead atoms. The number of nitrogens with zero attached hydrogens (tertiary/aromatic N) is 1. The van der Waals surface area contributed by atoms with Gasteiger partial charge in [0, 0.05) is 11.6 Å². The van der Waals surface area contributed by atoms with Gasteiger partial charge in [0.25, 0.3) is 0 Å². The smallest absolute Gasteiger partial charge is 0.0935 e. The van der Waals surface area contributed by atoms with Crippen LogP contribution in [0.15, 0.2) is 23.0 Å². The van der Waals surface area contributed by atoms with Crippen LogP contribution in [0, 0.1) is 0 Å². The van der Waals surface area contributed by atoms with E-state index in [2.05, 4.69) is 38.0 Å². The average Bonchev–Trinajstić information content (AvgIpc) is 2.95. The molecule has 0 saturated carbocycles. The van der Waals surface area contributed by atoms with Crippen LogP contribution < -0.4 is 11.3 Å². The molecule has 1 atom stereocenters. The van der Waals surface area contributed by atoms with Gasteiger partial charge in [-0.1, -0.05) is 27.7 Å². The first kappa shape index (κ1) is 16.2. The zero-order chi connectivity index (χ0) is 14.3. The summed E-state index contributed by atoms with van der Waals surface area (Å²) in [7, 11) is 0. The molecule has 1 unspecified atom stereocenters. The van der Waals surface area contributed by atoms with E-state index in [0.29, 0.717) is 0 Å². The Morgan fingerprint density at radius 2 is 1.89 bits per heavy atom. The van der Waals surface area contributed by atoms with Gasteiger partial charge in [0.1, 0.15) is 0 Å². The summed E-state index contributed by atoms with van der Waals surface area (Å²) in [4.78, 5) is 2.53. The number of nitrogens with one attached hydrogen (secondary N) is 1. The van der Waals surface area contributed by atoms with Crippen LogP contribution in [0.5, 0.6) is 0 Å². The summed E-state index contributed by atoms with van der Waals surface area (Å²) >= 11 is 0. The van der Waals surface area contributed by atoms with E-state index in [9.17, 15) is 0 Å². The summed E-state index contributed by atoms with van der Waals surface area (Å²) in [5.74, 6) is 5.87. The summed E-state index contributed by atoms with van der Waals surface area (Å²) < 4.78 is 5.17. The third-order valence-corrected chi connectivity index (χ3v) is 4.49. The zero-order valence-corrected chi connectivity index (χ0v) is 12.8. The van der Waals surface area contributed by atoms with Crippen LogP contribution in [0.1, 0.15) is 46.1 Å². The zero-order valence-electron chi connectivity index (χ0n) is 12.8. The molecule has 0 aliphatic carbocycles. The molecule has 1 aromatic heterocycles. The highest BCUT2D eigenvalue weighted by molar-refractivity contribution is 5.11. The van der Waals surface area contributed by atoms with E-state index in [0.717, 1.165) is 32.4 Å². The van der Waals surface area contributed by atoms with Gasteiger partial charge in [-0.3, -0.25) is 16.2 Å². The molecule has 0 aliphatic heterocycles. The molecular weight excluding hydrogens is 238 g/mol. The Bertz CT molecular complexity index is 329. The van der Waals surface area contributed by atoms with Crippen LogP contribution in [-0.2, 0) is 6.42 Å². The third-order valence-electron chi connectivity index (χ3n) is 4.49. The van der Waals surface area contributed by atoms with Crippen molar-refractivity contribution in [2.24, 2.45) is 5.84 Å². The number of furan rings is 1. The molecule has 0 radical (unpaired) electrons. The second-order valence-electron chi connectivity index (χ2n) is 5.04. The van der Waals surface area contributed by atoms with E-state index < -0.39 is 0 Å². The molecule has 0 aromatic carbocycles. The maximum Gasteiger partial charge on any atom is 0.0935 e.